The number of thioether (sulfide) groups is 1. The molecule has 18 heavy (non-hydrogen) atoms. The van der Waals surface area contributed by atoms with Crippen LogP contribution in [0.5, 0.6) is 0 Å². The predicted molar refractivity (Wildman–Crippen MR) is 72.6 cm³/mol. The number of piperidine rings is 1. The van der Waals surface area contributed by atoms with E-state index in [1.165, 1.54) is 11.8 Å². The third kappa shape index (κ3) is 2.96. The third-order valence-corrected chi connectivity index (χ3v) is 4.43. The Balaban J connectivity index is 2.01. The first-order valence-electron chi connectivity index (χ1n) is 6.28. The van der Waals surface area contributed by atoms with Crippen LogP contribution >= 0.6 is 11.8 Å². The van der Waals surface area contributed by atoms with Crippen LogP contribution < -0.4 is 11.1 Å². The lowest BCUT2D eigenvalue weighted by atomic mass is 9.95. The van der Waals surface area contributed by atoms with E-state index in [1.54, 1.807) is 0 Å². The predicted octanol–water partition coefficient (Wildman–Crippen LogP) is 0.648. The van der Waals surface area contributed by atoms with Crippen molar-refractivity contribution in [2.75, 3.05) is 24.6 Å². The summed E-state index contributed by atoms with van der Waals surface area (Å²) < 4.78 is 1.90. The van der Waals surface area contributed by atoms with Crippen molar-refractivity contribution in [1.82, 2.24) is 20.1 Å². The van der Waals surface area contributed by atoms with E-state index in [0.29, 0.717) is 11.7 Å². The number of rotatable bonds is 4. The monoisotopic (exact) mass is 271 g/mol. The van der Waals surface area contributed by atoms with Gasteiger partial charge in [0, 0.05) is 11.8 Å². The van der Waals surface area contributed by atoms with E-state index in [9.17, 15) is 5.11 Å². The van der Waals surface area contributed by atoms with Gasteiger partial charge in [0.1, 0.15) is 0 Å². The first-order chi connectivity index (χ1) is 8.52. The summed E-state index contributed by atoms with van der Waals surface area (Å²) in [6.07, 6.45) is 1.57. The van der Waals surface area contributed by atoms with E-state index < -0.39 is 5.60 Å². The topological polar surface area (TPSA) is 89.0 Å². The minimum atomic E-state index is -0.599. The molecule has 4 N–H and O–H groups in total. The van der Waals surface area contributed by atoms with Crippen LogP contribution in [-0.2, 0) is 0 Å². The number of hydrogen-bond acceptors (Lipinski definition) is 6. The zero-order valence-corrected chi connectivity index (χ0v) is 11.7. The summed E-state index contributed by atoms with van der Waals surface area (Å²) in [6, 6.07) is 0.227. The molecule has 0 aromatic carbocycles. The highest BCUT2D eigenvalue weighted by Crippen LogP contribution is 2.29. The Kier molecular flexibility index (Phi) is 4.14. The van der Waals surface area contributed by atoms with E-state index in [1.807, 2.05) is 18.4 Å². The zero-order chi connectivity index (χ0) is 13.2. The van der Waals surface area contributed by atoms with Gasteiger partial charge in [0.2, 0.25) is 5.95 Å². The van der Waals surface area contributed by atoms with Crippen molar-refractivity contribution in [2.24, 2.45) is 0 Å². The van der Waals surface area contributed by atoms with Crippen molar-refractivity contribution in [3.63, 3.8) is 0 Å². The van der Waals surface area contributed by atoms with Crippen molar-refractivity contribution < 1.29 is 5.11 Å². The molecule has 1 fully saturated rings. The molecule has 1 aromatic heterocycles. The molecule has 2 heterocycles. The first kappa shape index (κ1) is 13.6. The van der Waals surface area contributed by atoms with Gasteiger partial charge < -0.3 is 16.2 Å². The Morgan fingerprint density at radius 1 is 1.44 bits per heavy atom. The Morgan fingerprint density at radius 3 is 2.72 bits per heavy atom. The summed E-state index contributed by atoms with van der Waals surface area (Å²) in [4.78, 5) is 0. The van der Waals surface area contributed by atoms with Crippen LogP contribution in [0.3, 0.4) is 0 Å². The second-order valence-corrected chi connectivity index (χ2v) is 6.01. The Labute approximate surface area is 111 Å². The van der Waals surface area contributed by atoms with Crippen LogP contribution in [0.1, 0.15) is 32.7 Å². The maximum atomic E-state index is 10.4. The fourth-order valence-corrected chi connectivity index (χ4v) is 3.34. The molecule has 0 aliphatic carbocycles. The average molecular weight is 271 g/mol. The molecule has 6 nitrogen and oxygen atoms in total. The molecule has 0 spiro atoms. The maximum absolute atomic E-state index is 10.4. The standard InChI is InChI=1S/C11H21N5OS/c1-8(2)16-9(12)14-15-10(16)18-7-11(17)3-5-13-6-4-11/h8,13,17H,3-7H2,1-2H3,(H2,12,14). The molecule has 0 atom stereocenters. The van der Waals surface area contributed by atoms with Crippen LogP contribution in [0.4, 0.5) is 5.95 Å². The molecule has 0 unspecified atom stereocenters. The summed E-state index contributed by atoms with van der Waals surface area (Å²) >= 11 is 1.53. The maximum Gasteiger partial charge on any atom is 0.222 e. The van der Waals surface area contributed by atoms with Crippen molar-refractivity contribution >= 4 is 17.7 Å². The van der Waals surface area contributed by atoms with Gasteiger partial charge >= 0.3 is 0 Å². The summed E-state index contributed by atoms with van der Waals surface area (Å²) in [5, 5.41) is 22.4. The minimum Gasteiger partial charge on any atom is -0.389 e. The van der Waals surface area contributed by atoms with Gasteiger partial charge in [-0.2, -0.15) is 0 Å². The van der Waals surface area contributed by atoms with Crippen molar-refractivity contribution in [1.29, 1.82) is 0 Å². The zero-order valence-electron chi connectivity index (χ0n) is 10.9. The molecule has 1 aliphatic rings. The van der Waals surface area contributed by atoms with Crippen molar-refractivity contribution in [3.05, 3.63) is 0 Å². The second-order valence-electron chi connectivity index (χ2n) is 5.07. The molecule has 0 saturated carbocycles. The molecule has 7 heteroatoms. The van der Waals surface area contributed by atoms with E-state index in [2.05, 4.69) is 15.5 Å². The van der Waals surface area contributed by atoms with Gasteiger partial charge in [-0.3, -0.25) is 4.57 Å². The second kappa shape index (κ2) is 5.46. The molecule has 0 radical (unpaired) electrons. The number of hydrogen-bond donors (Lipinski definition) is 3. The van der Waals surface area contributed by atoms with Gasteiger partial charge in [0.05, 0.1) is 5.60 Å². The smallest absolute Gasteiger partial charge is 0.222 e. The van der Waals surface area contributed by atoms with E-state index in [-0.39, 0.29) is 6.04 Å². The first-order valence-corrected chi connectivity index (χ1v) is 7.27. The van der Waals surface area contributed by atoms with Crippen LogP contribution in [0, 0.1) is 0 Å². The Morgan fingerprint density at radius 2 is 2.11 bits per heavy atom. The Bertz CT molecular complexity index is 400. The lowest BCUT2D eigenvalue weighted by molar-refractivity contribution is 0.0338. The van der Waals surface area contributed by atoms with E-state index in [4.69, 9.17) is 5.73 Å². The molecule has 1 aromatic rings. The molecule has 102 valence electrons. The summed E-state index contributed by atoms with van der Waals surface area (Å²) in [5.74, 6) is 1.07. The molecule has 2 rings (SSSR count). The normalized spacial score (nSPS) is 19.3. The van der Waals surface area contributed by atoms with Gasteiger partial charge in [0.25, 0.3) is 0 Å². The fraction of sp³-hybridized carbons (Fsp3) is 0.818. The lowest BCUT2D eigenvalue weighted by Gasteiger charge is -2.32. The largest absolute Gasteiger partial charge is 0.389 e. The number of nitrogens with two attached hydrogens (primary N) is 1. The highest BCUT2D eigenvalue weighted by atomic mass is 32.2. The van der Waals surface area contributed by atoms with Gasteiger partial charge in [-0.25, -0.2) is 0 Å². The Hall–Kier alpha value is -0.790. The van der Waals surface area contributed by atoms with Crippen LogP contribution in [0.2, 0.25) is 0 Å². The third-order valence-electron chi connectivity index (χ3n) is 3.21. The highest BCUT2D eigenvalue weighted by Gasteiger charge is 2.30. The molecule has 1 aliphatic heterocycles. The molecule has 0 amide bonds. The van der Waals surface area contributed by atoms with Gasteiger partial charge in [-0.05, 0) is 39.8 Å². The van der Waals surface area contributed by atoms with Crippen LogP contribution in [0.15, 0.2) is 5.16 Å². The molecule has 1 saturated heterocycles. The number of nitrogen functional groups attached to an aromatic ring is 1. The average Bonchev–Trinajstić information content (AvgIpc) is 2.69. The number of nitrogens with zero attached hydrogens (tertiary/aromatic N) is 3. The number of nitrogens with one attached hydrogen (secondary N) is 1. The van der Waals surface area contributed by atoms with Gasteiger partial charge in [0.15, 0.2) is 5.16 Å². The molecular formula is C11H21N5OS. The SMILES string of the molecule is CC(C)n1c(N)nnc1SCC1(O)CCNCC1. The summed E-state index contributed by atoms with van der Waals surface area (Å²) in [6.45, 7) is 5.83. The van der Waals surface area contributed by atoms with E-state index >= 15 is 0 Å². The number of aromatic nitrogens is 3. The van der Waals surface area contributed by atoms with E-state index in [0.717, 1.165) is 31.1 Å². The fourth-order valence-electron chi connectivity index (χ4n) is 2.11. The number of aliphatic hydroxyl groups is 1. The molecule has 0 bridgehead atoms. The van der Waals surface area contributed by atoms with Gasteiger partial charge in [-0.1, -0.05) is 11.8 Å². The van der Waals surface area contributed by atoms with Crippen LogP contribution in [0.25, 0.3) is 0 Å². The van der Waals surface area contributed by atoms with Crippen molar-refractivity contribution in [3.8, 4) is 0 Å². The number of anilines is 1. The lowest BCUT2D eigenvalue weighted by Crippen LogP contribution is -2.43. The molecular weight excluding hydrogens is 250 g/mol. The quantitative estimate of drug-likeness (QED) is 0.697. The minimum absolute atomic E-state index is 0.227. The summed E-state index contributed by atoms with van der Waals surface area (Å²) in [5.41, 5.74) is 5.19. The summed E-state index contributed by atoms with van der Waals surface area (Å²) in [7, 11) is 0. The van der Waals surface area contributed by atoms with Gasteiger partial charge in [-0.15, -0.1) is 10.2 Å². The highest BCUT2D eigenvalue weighted by molar-refractivity contribution is 7.99. The van der Waals surface area contributed by atoms with Crippen LogP contribution in [-0.4, -0.2) is 44.3 Å². The van der Waals surface area contributed by atoms with Crippen molar-refractivity contribution in [2.45, 2.75) is 43.5 Å².